The van der Waals surface area contributed by atoms with E-state index >= 15 is 0 Å². The lowest BCUT2D eigenvalue weighted by Gasteiger charge is -2.06. The van der Waals surface area contributed by atoms with E-state index in [0.29, 0.717) is 24.6 Å². The maximum atomic E-state index is 12.9. The number of carbonyl (C=O) groups is 1. The lowest BCUT2D eigenvalue weighted by Crippen LogP contribution is -2.31. The summed E-state index contributed by atoms with van der Waals surface area (Å²) in [4.78, 5) is 44.4. The number of nitrogens with zero attached hydrogens (tertiary/aromatic N) is 5. The van der Waals surface area contributed by atoms with Crippen molar-refractivity contribution in [2.75, 3.05) is 0 Å². The number of hydrogen-bond acceptors (Lipinski definition) is 6. The van der Waals surface area contributed by atoms with Gasteiger partial charge in [-0.3, -0.25) is 14.3 Å². The normalized spacial score (nSPS) is 11.3. The van der Waals surface area contributed by atoms with Crippen LogP contribution >= 0.6 is 11.6 Å². The maximum Gasteiger partial charge on any atom is 0.343 e. The fraction of sp³-hybridized carbons (Fsp3) is 0.375. The average molecular weight is 499 g/mol. The molecule has 4 aromatic rings. The summed E-state index contributed by atoms with van der Waals surface area (Å²) in [6, 6.07) is 7.96. The molecule has 0 atom stereocenters. The molecule has 4 rings (SSSR count). The Kier molecular flexibility index (Phi) is 6.93. The van der Waals surface area contributed by atoms with E-state index in [4.69, 9.17) is 16.3 Å². The summed E-state index contributed by atoms with van der Waals surface area (Å²) in [7, 11) is 1.64. The molecule has 0 saturated carbocycles. The van der Waals surface area contributed by atoms with Crippen LogP contribution < -0.4 is 11.2 Å². The molecule has 0 fully saturated rings. The smallest absolute Gasteiger partial charge is 0.343 e. The first-order chi connectivity index (χ1) is 16.7. The third-order valence-electron chi connectivity index (χ3n) is 5.90. The number of benzene rings is 1. The molecule has 1 aromatic carbocycles. The first-order valence-corrected chi connectivity index (χ1v) is 11.7. The highest BCUT2D eigenvalue weighted by Gasteiger charge is 2.23. The van der Waals surface area contributed by atoms with Crippen molar-refractivity contribution in [2.24, 2.45) is 7.05 Å². The number of H-pyrrole nitrogens is 1. The van der Waals surface area contributed by atoms with Crippen LogP contribution in [0.15, 0.2) is 33.9 Å². The molecule has 0 spiro atoms. The number of fused-ring (bicyclic) bond motifs is 1. The van der Waals surface area contributed by atoms with Crippen LogP contribution in [0.2, 0.25) is 5.15 Å². The van der Waals surface area contributed by atoms with Gasteiger partial charge in [0.2, 0.25) is 0 Å². The second-order valence-electron chi connectivity index (χ2n) is 8.49. The van der Waals surface area contributed by atoms with Gasteiger partial charge in [0.1, 0.15) is 23.1 Å². The van der Waals surface area contributed by atoms with Gasteiger partial charge in [0.15, 0.2) is 11.2 Å². The highest BCUT2D eigenvalue weighted by molar-refractivity contribution is 6.32. The van der Waals surface area contributed by atoms with Crippen LogP contribution in [0.25, 0.3) is 11.2 Å². The summed E-state index contributed by atoms with van der Waals surface area (Å²) in [5.41, 5.74) is 2.22. The maximum absolute atomic E-state index is 12.9. The standard InChI is InChI=1S/C24H27ClN6O4/c1-5-6-11-30-21-19(22(32)27-24(30)34)29(4)17(26-21)13-35-23(33)18-15(3)28-31(20(18)25)12-16-9-7-14(2)8-10-16/h7-10H,5-6,11-13H2,1-4H3,(H,27,32,34). The average Bonchev–Trinajstić information content (AvgIpc) is 3.29. The molecule has 35 heavy (non-hydrogen) atoms. The van der Waals surface area contributed by atoms with E-state index in [9.17, 15) is 14.4 Å². The van der Waals surface area contributed by atoms with Crippen LogP contribution in [0.3, 0.4) is 0 Å². The Morgan fingerprint density at radius 2 is 1.89 bits per heavy atom. The third kappa shape index (κ3) is 4.79. The molecule has 0 aliphatic heterocycles. The van der Waals surface area contributed by atoms with Gasteiger partial charge >= 0.3 is 11.7 Å². The number of aromatic nitrogens is 6. The molecule has 11 heteroatoms. The van der Waals surface area contributed by atoms with Crippen molar-refractivity contribution in [1.82, 2.24) is 28.9 Å². The second kappa shape index (κ2) is 9.91. The lowest BCUT2D eigenvalue weighted by molar-refractivity contribution is 0.0459. The fourth-order valence-electron chi connectivity index (χ4n) is 3.90. The van der Waals surface area contributed by atoms with E-state index in [1.807, 2.05) is 38.1 Å². The van der Waals surface area contributed by atoms with Gasteiger partial charge in [-0.2, -0.15) is 5.10 Å². The Balaban J connectivity index is 1.57. The molecular weight excluding hydrogens is 472 g/mol. The fourth-order valence-corrected chi connectivity index (χ4v) is 4.21. The summed E-state index contributed by atoms with van der Waals surface area (Å²) in [5.74, 6) is -0.317. The largest absolute Gasteiger partial charge is 0.454 e. The number of ether oxygens (including phenoxy) is 1. The van der Waals surface area contributed by atoms with Crippen molar-refractivity contribution in [3.8, 4) is 0 Å². The first-order valence-electron chi connectivity index (χ1n) is 11.3. The van der Waals surface area contributed by atoms with Crippen molar-refractivity contribution < 1.29 is 9.53 Å². The molecule has 0 radical (unpaired) electrons. The summed E-state index contributed by atoms with van der Waals surface area (Å²) in [6.45, 7) is 6.34. The second-order valence-corrected chi connectivity index (χ2v) is 8.85. The van der Waals surface area contributed by atoms with Gasteiger partial charge in [0, 0.05) is 13.6 Å². The molecule has 0 aliphatic carbocycles. The molecule has 0 unspecified atom stereocenters. The number of nitrogens with one attached hydrogen (secondary N) is 1. The topological polar surface area (TPSA) is 117 Å². The monoisotopic (exact) mass is 498 g/mol. The summed E-state index contributed by atoms with van der Waals surface area (Å²) in [6.07, 6.45) is 1.63. The van der Waals surface area contributed by atoms with Crippen molar-refractivity contribution in [3.05, 3.63) is 78.5 Å². The van der Waals surface area contributed by atoms with E-state index < -0.39 is 17.2 Å². The van der Waals surface area contributed by atoms with Crippen LogP contribution in [0.1, 0.15) is 52.8 Å². The zero-order valence-corrected chi connectivity index (χ0v) is 20.8. The summed E-state index contributed by atoms with van der Waals surface area (Å²) < 4.78 is 10.0. The van der Waals surface area contributed by atoms with Gasteiger partial charge in [0.05, 0.1) is 12.2 Å². The highest BCUT2D eigenvalue weighted by atomic mass is 35.5. The third-order valence-corrected chi connectivity index (χ3v) is 6.28. The predicted octanol–water partition coefficient (Wildman–Crippen LogP) is 3.10. The van der Waals surface area contributed by atoms with Gasteiger partial charge in [-0.15, -0.1) is 0 Å². The predicted molar refractivity (Wildman–Crippen MR) is 132 cm³/mol. The highest BCUT2D eigenvalue weighted by Crippen LogP contribution is 2.23. The van der Waals surface area contributed by atoms with Gasteiger partial charge in [0.25, 0.3) is 5.56 Å². The Labute approximate surface area is 206 Å². The number of rotatable bonds is 8. The van der Waals surface area contributed by atoms with Gasteiger partial charge in [-0.05, 0) is 25.8 Å². The molecule has 184 valence electrons. The van der Waals surface area contributed by atoms with Gasteiger partial charge < -0.3 is 9.30 Å². The minimum atomic E-state index is -0.646. The van der Waals surface area contributed by atoms with Gasteiger partial charge in [-0.1, -0.05) is 54.8 Å². The molecular formula is C24H27ClN6O4. The molecule has 3 heterocycles. The lowest BCUT2D eigenvalue weighted by atomic mass is 10.1. The Bertz CT molecular complexity index is 1510. The molecule has 0 amide bonds. The molecule has 0 aliphatic rings. The number of unbranched alkanes of at least 4 members (excludes halogenated alkanes) is 1. The minimum Gasteiger partial charge on any atom is -0.454 e. The Morgan fingerprint density at radius 3 is 2.57 bits per heavy atom. The van der Waals surface area contributed by atoms with Crippen molar-refractivity contribution in [2.45, 2.75) is 53.3 Å². The van der Waals surface area contributed by atoms with E-state index in [-0.39, 0.29) is 28.5 Å². The number of carbonyl (C=O) groups excluding carboxylic acids is 1. The van der Waals surface area contributed by atoms with Crippen LogP contribution in [-0.4, -0.2) is 34.9 Å². The number of hydrogen-bond donors (Lipinski definition) is 1. The Morgan fingerprint density at radius 1 is 1.17 bits per heavy atom. The van der Waals surface area contributed by atoms with Crippen LogP contribution in [-0.2, 0) is 31.5 Å². The molecule has 1 N–H and O–H groups in total. The molecule has 10 nitrogen and oxygen atoms in total. The van der Waals surface area contributed by atoms with E-state index in [0.717, 1.165) is 24.0 Å². The number of halogens is 1. The quantitative estimate of drug-likeness (QED) is 0.373. The first kappa shape index (κ1) is 24.5. The van der Waals surface area contributed by atoms with Crippen LogP contribution in [0, 0.1) is 13.8 Å². The molecule has 0 bridgehead atoms. The van der Waals surface area contributed by atoms with Crippen LogP contribution in [0.5, 0.6) is 0 Å². The molecule has 0 saturated heterocycles. The number of esters is 1. The molecule has 3 aromatic heterocycles. The Hall–Kier alpha value is -3.66. The summed E-state index contributed by atoms with van der Waals surface area (Å²) >= 11 is 6.49. The number of aromatic amines is 1. The van der Waals surface area contributed by atoms with E-state index in [2.05, 4.69) is 15.1 Å². The SMILES string of the molecule is CCCCn1c(=O)[nH]c(=O)c2c1nc(COC(=O)c1c(C)nn(Cc3ccc(C)cc3)c1Cl)n2C. The summed E-state index contributed by atoms with van der Waals surface area (Å²) in [5, 5.41) is 4.58. The van der Waals surface area contributed by atoms with Crippen molar-refractivity contribution in [3.63, 3.8) is 0 Å². The van der Waals surface area contributed by atoms with Gasteiger partial charge in [-0.25, -0.2) is 19.3 Å². The van der Waals surface area contributed by atoms with Crippen LogP contribution in [0.4, 0.5) is 0 Å². The number of aryl methyl sites for hydroxylation is 4. The van der Waals surface area contributed by atoms with Crippen molar-refractivity contribution in [1.29, 1.82) is 0 Å². The van der Waals surface area contributed by atoms with E-state index in [1.165, 1.54) is 9.13 Å². The number of imidazole rings is 1. The van der Waals surface area contributed by atoms with Crippen molar-refractivity contribution >= 4 is 28.7 Å². The minimum absolute atomic E-state index is 0.176. The zero-order chi connectivity index (χ0) is 25.3. The van der Waals surface area contributed by atoms with E-state index in [1.54, 1.807) is 18.7 Å². The zero-order valence-electron chi connectivity index (χ0n) is 20.1.